The Labute approximate surface area is 158 Å². The second-order valence-electron chi connectivity index (χ2n) is 6.84. The van der Waals surface area contributed by atoms with Gasteiger partial charge >= 0.3 is 0 Å². The molecule has 1 amide bonds. The smallest absolute Gasteiger partial charge is 0.237 e. The highest BCUT2D eigenvalue weighted by atomic mass is 79.9. The molecule has 1 aliphatic heterocycles. The van der Waals surface area contributed by atoms with E-state index in [9.17, 15) is 4.79 Å². The maximum absolute atomic E-state index is 12.4. The number of nitrogens with two attached hydrogens (primary N) is 1. The number of amides is 1. The summed E-state index contributed by atoms with van der Waals surface area (Å²) in [7, 11) is 0. The van der Waals surface area contributed by atoms with Crippen molar-refractivity contribution in [2.45, 2.75) is 43.6 Å². The summed E-state index contributed by atoms with van der Waals surface area (Å²) in [6.45, 7) is 2.11. The zero-order chi connectivity index (χ0) is 16.3. The van der Waals surface area contributed by atoms with Crippen molar-refractivity contribution in [1.82, 2.24) is 5.32 Å². The molecule has 1 heterocycles. The summed E-state index contributed by atoms with van der Waals surface area (Å²) < 4.78 is 6.44. The maximum atomic E-state index is 12.4. The van der Waals surface area contributed by atoms with Gasteiger partial charge in [-0.2, -0.15) is 0 Å². The molecule has 2 aliphatic rings. The van der Waals surface area contributed by atoms with Gasteiger partial charge in [0.2, 0.25) is 5.91 Å². The fourth-order valence-corrected chi connectivity index (χ4v) is 4.05. The standard InChI is InChI=1S/C18H25BrN2O2.ClH/c19-15-4-1-3-14(11-15)18(7-2-8-18)12-21-17(22)16(20)13-5-9-23-10-6-13;/h1,3-4,11,13,16H,2,5-10,12,20H2,(H,21,22);1H. The third kappa shape index (κ3) is 4.31. The first-order valence-corrected chi connectivity index (χ1v) is 9.27. The number of carbonyl (C=O) groups is 1. The Morgan fingerprint density at radius 2 is 2.08 bits per heavy atom. The Morgan fingerprint density at radius 3 is 2.67 bits per heavy atom. The van der Waals surface area contributed by atoms with Crippen LogP contribution in [0.1, 0.15) is 37.7 Å². The van der Waals surface area contributed by atoms with Crippen molar-refractivity contribution >= 4 is 34.2 Å². The van der Waals surface area contributed by atoms with Gasteiger partial charge in [0, 0.05) is 29.6 Å². The summed E-state index contributed by atoms with van der Waals surface area (Å²) in [5.74, 6) is 0.227. The Balaban J connectivity index is 0.00000208. The van der Waals surface area contributed by atoms with Gasteiger partial charge in [-0.1, -0.05) is 34.5 Å². The van der Waals surface area contributed by atoms with Crippen molar-refractivity contribution in [2.24, 2.45) is 11.7 Å². The Bertz CT molecular complexity index is 560. The van der Waals surface area contributed by atoms with Crippen LogP contribution in [0, 0.1) is 5.92 Å². The van der Waals surface area contributed by atoms with Gasteiger partial charge in [0.15, 0.2) is 0 Å². The molecule has 1 atom stereocenters. The molecule has 4 nitrogen and oxygen atoms in total. The molecule has 1 unspecified atom stereocenters. The SMILES string of the molecule is Cl.NC(C(=O)NCC1(c2cccc(Br)c2)CCC1)C1CCOCC1. The number of rotatable bonds is 5. The molecular formula is C18H26BrClN2O2. The average molecular weight is 418 g/mol. The van der Waals surface area contributed by atoms with Gasteiger partial charge in [-0.25, -0.2) is 0 Å². The number of benzene rings is 1. The topological polar surface area (TPSA) is 64.4 Å². The fourth-order valence-electron chi connectivity index (χ4n) is 3.65. The van der Waals surface area contributed by atoms with Crippen LogP contribution in [0.15, 0.2) is 28.7 Å². The summed E-state index contributed by atoms with van der Waals surface area (Å²) in [5.41, 5.74) is 7.55. The van der Waals surface area contributed by atoms with E-state index in [4.69, 9.17) is 10.5 Å². The van der Waals surface area contributed by atoms with Gasteiger partial charge in [-0.3, -0.25) is 4.79 Å². The second kappa shape index (κ2) is 8.65. The minimum absolute atomic E-state index is 0. The van der Waals surface area contributed by atoms with Crippen LogP contribution in [0.3, 0.4) is 0 Å². The zero-order valence-corrected chi connectivity index (χ0v) is 16.2. The summed E-state index contributed by atoms with van der Waals surface area (Å²) in [4.78, 5) is 12.4. The quantitative estimate of drug-likeness (QED) is 0.773. The van der Waals surface area contributed by atoms with E-state index in [-0.39, 0.29) is 29.6 Å². The Hall–Kier alpha value is -0.620. The van der Waals surface area contributed by atoms with E-state index >= 15 is 0 Å². The lowest BCUT2D eigenvalue weighted by atomic mass is 9.64. The zero-order valence-electron chi connectivity index (χ0n) is 13.8. The molecule has 3 rings (SSSR count). The van der Waals surface area contributed by atoms with Gasteiger partial charge in [0.25, 0.3) is 0 Å². The third-order valence-corrected chi connectivity index (χ3v) is 5.92. The maximum Gasteiger partial charge on any atom is 0.237 e. The lowest BCUT2D eigenvalue weighted by molar-refractivity contribution is -0.124. The highest BCUT2D eigenvalue weighted by Gasteiger charge is 2.39. The van der Waals surface area contributed by atoms with E-state index in [1.54, 1.807) is 0 Å². The minimum Gasteiger partial charge on any atom is -0.381 e. The van der Waals surface area contributed by atoms with Crippen molar-refractivity contribution < 1.29 is 9.53 Å². The second-order valence-corrected chi connectivity index (χ2v) is 7.75. The number of halogens is 2. The first-order chi connectivity index (χ1) is 11.1. The van der Waals surface area contributed by atoms with Gasteiger partial charge in [0.05, 0.1) is 6.04 Å². The molecule has 1 aliphatic carbocycles. The van der Waals surface area contributed by atoms with E-state index in [2.05, 4.69) is 39.4 Å². The predicted octanol–water partition coefficient (Wildman–Crippen LogP) is 3.16. The van der Waals surface area contributed by atoms with Gasteiger partial charge in [-0.15, -0.1) is 12.4 Å². The van der Waals surface area contributed by atoms with Crippen LogP contribution in [0.4, 0.5) is 0 Å². The van der Waals surface area contributed by atoms with Crippen LogP contribution in [0.5, 0.6) is 0 Å². The summed E-state index contributed by atoms with van der Waals surface area (Å²) in [5, 5.41) is 3.12. The van der Waals surface area contributed by atoms with Gasteiger partial charge in [0.1, 0.15) is 0 Å². The summed E-state index contributed by atoms with van der Waals surface area (Å²) >= 11 is 3.54. The molecule has 3 N–H and O–H groups in total. The Kier molecular flexibility index (Phi) is 7.10. The molecule has 1 aromatic rings. The molecule has 6 heteroatoms. The Morgan fingerprint density at radius 1 is 1.38 bits per heavy atom. The van der Waals surface area contributed by atoms with E-state index < -0.39 is 6.04 Å². The van der Waals surface area contributed by atoms with Crippen LogP contribution in [-0.2, 0) is 14.9 Å². The van der Waals surface area contributed by atoms with Crippen LogP contribution in [0.25, 0.3) is 0 Å². The van der Waals surface area contributed by atoms with Gasteiger partial charge in [-0.05, 0) is 49.3 Å². The molecule has 24 heavy (non-hydrogen) atoms. The van der Waals surface area contributed by atoms with E-state index in [1.165, 1.54) is 12.0 Å². The van der Waals surface area contributed by atoms with Gasteiger partial charge < -0.3 is 15.8 Å². The molecule has 0 aromatic heterocycles. The van der Waals surface area contributed by atoms with Crippen molar-refractivity contribution in [1.29, 1.82) is 0 Å². The summed E-state index contributed by atoms with van der Waals surface area (Å²) in [6, 6.07) is 8.02. The normalized spacial score (nSPS) is 21.2. The van der Waals surface area contributed by atoms with Crippen molar-refractivity contribution in [2.75, 3.05) is 19.8 Å². The first kappa shape index (κ1) is 19.7. The van der Waals surface area contributed by atoms with E-state index in [0.29, 0.717) is 19.8 Å². The van der Waals surface area contributed by atoms with E-state index in [1.807, 2.05) is 6.07 Å². The summed E-state index contributed by atoms with van der Waals surface area (Å²) in [6.07, 6.45) is 5.22. The monoisotopic (exact) mass is 416 g/mol. The molecule has 0 spiro atoms. The number of nitrogens with one attached hydrogen (secondary N) is 1. The van der Waals surface area contributed by atoms with Crippen molar-refractivity contribution in [3.63, 3.8) is 0 Å². The van der Waals surface area contributed by atoms with Crippen LogP contribution >= 0.6 is 28.3 Å². The molecular weight excluding hydrogens is 392 g/mol. The lowest BCUT2D eigenvalue weighted by Crippen LogP contribution is -2.52. The average Bonchev–Trinajstić information content (AvgIpc) is 2.54. The van der Waals surface area contributed by atoms with Crippen molar-refractivity contribution in [3.8, 4) is 0 Å². The molecule has 134 valence electrons. The highest BCUT2D eigenvalue weighted by molar-refractivity contribution is 9.10. The predicted molar refractivity (Wildman–Crippen MR) is 101 cm³/mol. The minimum atomic E-state index is -0.418. The highest BCUT2D eigenvalue weighted by Crippen LogP contribution is 2.43. The number of hydrogen-bond acceptors (Lipinski definition) is 3. The molecule has 2 fully saturated rings. The third-order valence-electron chi connectivity index (χ3n) is 5.43. The molecule has 1 saturated carbocycles. The number of carbonyl (C=O) groups excluding carboxylic acids is 1. The van der Waals surface area contributed by atoms with Crippen molar-refractivity contribution in [3.05, 3.63) is 34.3 Å². The fraction of sp³-hybridized carbons (Fsp3) is 0.611. The number of hydrogen-bond donors (Lipinski definition) is 2. The molecule has 1 saturated heterocycles. The van der Waals surface area contributed by atoms with Crippen LogP contribution in [0.2, 0.25) is 0 Å². The lowest BCUT2D eigenvalue weighted by Gasteiger charge is -2.43. The number of ether oxygens (including phenoxy) is 1. The first-order valence-electron chi connectivity index (χ1n) is 8.48. The molecule has 0 radical (unpaired) electrons. The van der Waals surface area contributed by atoms with Crippen LogP contribution in [-0.4, -0.2) is 31.7 Å². The molecule has 1 aromatic carbocycles. The van der Waals surface area contributed by atoms with E-state index in [0.717, 1.165) is 30.2 Å². The molecule has 0 bridgehead atoms. The van der Waals surface area contributed by atoms with Crippen LogP contribution < -0.4 is 11.1 Å². The largest absolute Gasteiger partial charge is 0.381 e.